The summed E-state index contributed by atoms with van der Waals surface area (Å²) in [5.41, 5.74) is 4.47. The normalized spacial score (nSPS) is 12.5. The Bertz CT molecular complexity index is 1470. The van der Waals surface area contributed by atoms with E-state index in [1.807, 2.05) is 85.7 Å². The Balaban J connectivity index is 2.11. The molecule has 0 saturated carbocycles. The number of hydrogen-bond acceptors (Lipinski definition) is 4. The number of nitrogens with zero attached hydrogens (tertiary/aromatic N) is 2. The molecule has 3 aromatic rings. The van der Waals surface area contributed by atoms with Gasteiger partial charge in [-0.05, 0) is 89.8 Å². The Morgan fingerprint density at radius 3 is 1.95 bits per heavy atom. The Kier molecular flexibility index (Phi) is 10.0. The van der Waals surface area contributed by atoms with Gasteiger partial charge in [0.25, 0.3) is 10.0 Å². The van der Waals surface area contributed by atoms with Crippen LogP contribution in [0.15, 0.2) is 71.6 Å². The average Bonchev–Trinajstić information content (AvgIpc) is 2.89. The summed E-state index contributed by atoms with van der Waals surface area (Å²) in [5, 5.41) is 3.00. The van der Waals surface area contributed by atoms with E-state index < -0.39 is 34.1 Å². The van der Waals surface area contributed by atoms with Gasteiger partial charge in [0.1, 0.15) is 12.6 Å². The Morgan fingerprint density at radius 2 is 1.41 bits per heavy atom. The molecule has 0 bridgehead atoms. The molecule has 0 fully saturated rings. The fraction of sp³-hybridized carbons (Fsp3) is 0.394. The molecule has 2 amide bonds. The quantitative estimate of drug-likeness (QED) is 0.328. The van der Waals surface area contributed by atoms with E-state index in [4.69, 9.17) is 0 Å². The molecule has 41 heavy (non-hydrogen) atoms. The molecular weight excluding hydrogens is 534 g/mol. The molecule has 3 rings (SSSR count). The zero-order valence-corrected chi connectivity index (χ0v) is 26.3. The van der Waals surface area contributed by atoms with E-state index in [1.165, 1.54) is 9.21 Å². The molecule has 0 aliphatic heterocycles. The lowest BCUT2D eigenvalue weighted by molar-refractivity contribution is -0.141. The highest BCUT2D eigenvalue weighted by atomic mass is 32.2. The van der Waals surface area contributed by atoms with Gasteiger partial charge in [-0.15, -0.1) is 0 Å². The van der Waals surface area contributed by atoms with Crippen molar-refractivity contribution in [3.05, 3.63) is 94.5 Å². The van der Waals surface area contributed by atoms with Gasteiger partial charge in [-0.3, -0.25) is 13.9 Å². The van der Waals surface area contributed by atoms with Gasteiger partial charge in [0, 0.05) is 12.1 Å². The molecular formula is C33H43N3O4S. The van der Waals surface area contributed by atoms with Gasteiger partial charge in [-0.25, -0.2) is 8.42 Å². The number of carbonyl (C=O) groups excluding carboxylic acids is 2. The van der Waals surface area contributed by atoms with E-state index in [2.05, 4.69) is 5.32 Å². The molecule has 0 spiro atoms. The van der Waals surface area contributed by atoms with Crippen LogP contribution >= 0.6 is 0 Å². The summed E-state index contributed by atoms with van der Waals surface area (Å²) in [6, 6.07) is 19.0. The first kappa shape index (κ1) is 31.9. The summed E-state index contributed by atoms with van der Waals surface area (Å²) in [6.45, 7) is 14.9. The van der Waals surface area contributed by atoms with Crippen molar-refractivity contribution in [2.24, 2.45) is 0 Å². The Morgan fingerprint density at radius 1 is 0.854 bits per heavy atom. The lowest BCUT2D eigenvalue weighted by atomic mass is 10.0. The first-order valence-corrected chi connectivity index (χ1v) is 15.4. The zero-order valence-electron chi connectivity index (χ0n) is 25.5. The second-order valence-electron chi connectivity index (χ2n) is 11.7. The van der Waals surface area contributed by atoms with Crippen LogP contribution in [0.2, 0.25) is 0 Å². The topological polar surface area (TPSA) is 86.8 Å². The van der Waals surface area contributed by atoms with Crippen molar-refractivity contribution >= 4 is 27.5 Å². The highest BCUT2D eigenvalue weighted by molar-refractivity contribution is 7.92. The molecule has 1 atom stereocenters. The molecule has 220 valence electrons. The number of nitrogens with one attached hydrogen (secondary N) is 1. The molecule has 7 nitrogen and oxygen atoms in total. The largest absolute Gasteiger partial charge is 0.350 e. The number of anilines is 1. The minimum atomic E-state index is -4.11. The molecule has 0 aliphatic rings. The van der Waals surface area contributed by atoms with E-state index in [0.717, 1.165) is 27.8 Å². The predicted molar refractivity (Wildman–Crippen MR) is 165 cm³/mol. The molecule has 0 saturated heterocycles. The summed E-state index contributed by atoms with van der Waals surface area (Å²) >= 11 is 0. The second kappa shape index (κ2) is 12.9. The maximum Gasteiger partial charge on any atom is 0.264 e. The fourth-order valence-corrected chi connectivity index (χ4v) is 6.09. The molecule has 0 radical (unpaired) electrons. The van der Waals surface area contributed by atoms with Crippen LogP contribution in [-0.4, -0.2) is 43.3 Å². The van der Waals surface area contributed by atoms with E-state index >= 15 is 0 Å². The molecule has 0 aliphatic carbocycles. The third-order valence-electron chi connectivity index (χ3n) is 7.09. The van der Waals surface area contributed by atoms with Crippen LogP contribution in [0.3, 0.4) is 0 Å². The second-order valence-corrected chi connectivity index (χ2v) is 13.6. The molecule has 3 aromatic carbocycles. The van der Waals surface area contributed by atoms with Gasteiger partial charge in [0.05, 0.1) is 10.6 Å². The number of carbonyl (C=O) groups is 2. The maximum atomic E-state index is 14.2. The smallest absolute Gasteiger partial charge is 0.264 e. The molecule has 1 N–H and O–H groups in total. The number of sulfonamides is 1. The van der Waals surface area contributed by atoms with Crippen molar-refractivity contribution in [3.8, 4) is 0 Å². The highest BCUT2D eigenvalue weighted by Crippen LogP contribution is 2.29. The van der Waals surface area contributed by atoms with Crippen LogP contribution in [0.25, 0.3) is 0 Å². The Labute approximate surface area is 245 Å². The molecule has 0 aromatic heterocycles. The fourth-order valence-electron chi connectivity index (χ4n) is 4.62. The summed E-state index contributed by atoms with van der Waals surface area (Å²) in [7, 11) is -4.11. The standard InChI is InChI=1S/C33H43N3O4S/c1-9-29(32(38)34-33(6,7)8)35(21-27-17-13-23(2)14-18-27)31(37)22-36(30-12-10-11-25(4)26(30)5)41(39,40)28-19-15-24(3)16-20-28/h10-20,29H,9,21-22H2,1-8H3,(H,34,38)/t29-/m1/s1. The number of benzene rings is 3. The number of hydrogen-bond donors (Lipinski definition) is 1. The van der Waals surface area contributed by atoms with Crippen molar-refractivity contribution in [2.75, 3.05) is 10.8 Å². The van der Waals surface area contributed by atoms with Gasteiger partial charge in [-0.2, -0.15) is 0 Å². The molecule has 0 heterocycles. The zero-order chi connectivity index (χ0) is 30.5. The SMILES string of the molecule is CC[C@H](C(=O)NC(C)(C)C)N(Cc1ccc(C)cc1)C(=O)CN(c1cccc(C)c1C)S(=O)(=O)c1ccc(C)cc1. The third-order valence-corrected chi connectivity index (χ3v) is 8.86. The van der Waals surface area contributed by atoms with Gasteiger partial charge in [-0.1, -0.05) is 66.6 Å². The third kappa shape index (κ3) is 7.97. The van der Waals surface area contributed by atoms with Gasteiger partial charge in [0.15, 0.2) is 0 Å². The first-order chi connectivity index (χ1) is 19.1. The van der Waals surface area contributed by atoms with E-state index in [-0.39, 0.29) is 17.3 Å². The lowest BCUT2D eigenvalue weighted by Crippen LogP contribution is -2.55. The van der Waals surface area contributed by atoms with Crippen molar-refractivity contribution in [1.29, 1.82) is 0 Å². The minimum absolute atomic E-state index is 0.0967. The van der Waals surface area contributed by atoms with E-state index in [0.29, 0.717) is 12.1 Å². The number of amides is 2. The van der Waals surface area contributed by atoms with E-state index in [9.17, 15) is 18.0 Å². The van der Waals surface area contributed by atoms with Crippen LogP contribution in [0.1, 0.15) is 61.9 Å². The maximum absolute atomic E-state index is 14.2. The van der Waals surface area contributed by atoms with Crippen molar-refractivity contribution < 1.29 is 18.0 Å². The summed E-state index contributed by atoms with van der Waals surface area (Å²) in [4.78, 5) is 29.3. The first-order valence-electron chi connectivity index (χ1n) is 14.0. The number of aryl methyl sites for hydroxylation is 3. The van der Waals surface area contributed by atoms with E-state index in [1.54, 1.807) is 36.4 Å². The van der Waals surface area contributed by atoms with Crippen LogP contribution in [0.5, 0.6) is 0 Å². The van der Waals surface area contributed by atoms with Crippen molar-refractivity contribution in [3.63, 3.8) is 0 Å². The lowest BCUT2D eigenvalue weighted by Gasteiger charge is -2.35. The van der Waals surface area contributed by atoms with Crippen LogP contribution in [0.4, 0.5) is 5.69 Å². The Hall–Kier alpha value is -3.65. The molecule has 8 heteroatoms. The van der Waals surface area contributed by atoms with Gasteiger partial charge < -0.3 is 10.2 Å². The number of rotatable bonds is 10. The van der Waals surface area contributed by atoms with Crippen molar-refractivity contribution in [2.45, 2.75) is 84.8 Å². The minimum Gasteiger partial charge on any atom is -0.350 e. The van der Waals surface area contributed by atoms with Crippen LogP contribution in [0, 0.1) is 27.7 Å². The van der Waals surface area contributed by atoms with Gasteiger partial charge in [0.2, 0.25) is 11.8 Å². The highest BCUT2D eigenvalue weighted by Gasteiger charge is 2.35. The molecule has 0 unspecified atom stereocenters. The van der Waals surface area contributed by atoms with Crippen molar-refractivity contribution in [1.82, 2.24) is 10.2 Å². The van der Waals surface area contributed by atoms with Crippen LogP contribution in [-0.2, 0) is 26.2 Å². The predicted octanol–water partition coefficient (Wildman–Crippen LogP) is 5.84. The van der Waals surface area contributed by atoms with Crippen LogP contribution < -0.4 is 9.62 Å². The van der Waals surface area contributed by atoms with Gasteiger partial charge >= 0.3 is 0 Å². The average molecular weight is 578 g/mol. The monoisotopic (exact) mass is 577 g/mol. The summed E-state index contributed by atoms with van der Waals surface area (Å²) in [6.07, 6.45) is 0.369. The summed E-state index contributed by atoms with van der Waals surface area (Å²) < 4.78 is 29.4. The summed E-state index contributed by atoms with van der Waals surface area (Å²) in [5.74, 6) is -0.738.